The Hall–Kier alpha value is -2.87. The molecule has 36 heavy (non-hydrogen) atoms. The summed E-state index contributed by atoms with van der Waals surface area (Å²) in [4.78, 5) is 2.35. The first-order valence-corrected chi connectivity index (χ1v) is 12.8. The zero-order valence-electron chi connectivity index (χ0n) is 22.1. The lowest BCUT2D eigenvalue weighted by molar-refractivity contribution is -0.0573. The molecule has 0 radical (unpaired) electrons. The molecular weight excluding hydrogens is 454 g/mol. The molecule has 3 aromatic rings. The summed E-state index contributed by atoms with van der Waals surface area (Å²) in [6.07, 6.45) is 2.48. The van der Waals surface area contributed by atoms with Gasteiger partial charge in [-0.25, -0.2) is 4.68 Å². The van der Waals surface area contributed by atoms with Crippen molar-refractivity contribution in [1.82, 2.24) is 14.7 Å². The fraction of sp³-hybridized carbons (Fsp3) is 0.483. The Morgan fingerprint density at radius 1 is 1.06 bits per heavy atom. The van der Waals surface area contributed by atoms with Crippen LogP contribution in [0.2, 0.25) is 0 Å². The molecule has 0 bridgehead atoms. The molecule has 0 unspecified atom stereocenters. The molecule has 0 aliphatic heterocycles. The number of hydrogen-bond donors (Lipinski definition) is 1. The van der Waals surface area contributed by atoms with Crippen molar-refractivity contribution in [3.8, 4) is 23.1 Å². The molecule has 0 saturated heterocycles. The van der Waals surface area contributed by atoms with E-state index in [2.05, 4.69) is 11.8 Å². The maximum Gasteiger partial charge on any atom is 0.227 e. The SMILES string of the molecule is CCc1nn(-c2ccccc2)c(Oc2ccc(OC)cc2)c1CN(C[C@@H](O)COC(C)(C)C)C1CC1. The highest BCUT2D eigenvalue weighted by atomic mass is 16.5. The predicted octanol–water partition coefficient (Wildman–Crippen LogP) is 5.38. The topological polar surface area (TPSA) is 69.0 Å². The first-order chi connectivity index (χ1) is 17.3. The van der Waals surface area contributed by atoms with E-state index in [4.69, 9.17) is 19.3 Å². The number of aliphatic hydroxyl groups is 1. The lowest BCUT2D eigenvalue weighted by Crippen LogP contribution is -2.38. The van der Waals surface area contributed by atoms with Gasteiger partial charge in [-0.1, -0.05) is 25.1 Å². The van der Waals surface area contributed by atoms with Crippen molar-refractivity contribution in [2.75, 3.05) is 20.3 Å². The first kappa shape index (κ1) is 26.2. The molecule has 194 valence electrons. The van der Waals surface area contributed by atoms with Crippen LogP contribution in [-0.4, -0.2) is 57.8 Å². The van der Waals surface area contributed by atoms with E-state index in [1.54, 1.807) is 7.11 Å². The lowest BCUT2D eigenvalue weighted by atomic mass is 10.1. The first-order valence-electron chi connectivity index (χ1n) is 12.8. The second-order valence-corrected chi connectivity index (χ2v) is 10.3. The van der Waals surface area contributed by atoms with Gasteiger partial charge in [-0.3, -0.25) is 4.90 Å². The number of aryl methyl sites for hydroxylation is 1. The summed E-state index contributed by atoms with van der Waals surface area (Å²) in [6.45, 7) is 9.64. The van der Waals surface area contributed by atoms with Gasteiger partial charge in [0.15, 0.2) is 0 Å². The van der Waals surface area contributed by atoms with Gasteiger partial charge < -0.3 is 19.3 Å². The predicted molar refractivity (Wildman–Crippen MR) is 141 cm³/mol. The van der Waals surface area contributed by atoms with Gasteiger partial charge in [0.2, 0.25) is 5.88 Å². The van der Waals surface area contributed by atoms with Gasteiger partial charge in [0.05, 0.1) is 42.4 Å². The van der Waals surface area contributed by atoms with Gasteiger partial charge in [-0.2, -0.15) is 5.10 Å². The molecular formula is C29H39N3O4. The number of aromatic nitrogens is 2. The molecule has 0 amide bonds. The van der Waals surface area contributed by atoms with E-state index >= 15 is 0 Å². The lowest BCUT2D eigenvalue weighted by Gasteiger charge is -2.27. The van der Waals surface area contributed by atoms with Crippen molar-refractivity contribution in [3.05, 3.63) is 65.9 Å². The van der Waals surface area contributed by atoms with E-state index in [9.17, 15) is 5.11 Å². The molecule has 1 aliphatic carbocycles. The monoisotopic (exact) mass is 493 g/mol. The van der Waals surface area contributed by atoms with Crippen LogP contribution in [0.1, 0.15) is 51.8 Å². The molecule has 1 heterocycles. The number of para-hydroxylation sites is 1. The smallest absolute Gasteiger partial charge is 0.227 e. The van der Waals surface area contributed by atoms with Crippen molar-refractivity contribution < 1.29 is 19.3 Å². The summed E-state index contributed by atoms with van der Waals surface area (Å²) in [5, 5.41) is 15.7. The van der Waals surface area contributed by atoms with Crippen LogP contribution in [0.4, 0.5) is 0 Å². The number of benzene rings is 2. The highest BCUT2D eigenvalue weighted by molar-refractivity contribution is 5.44. The summed E-state index contributed by atoms with van der Waals surface area (Å²) < 4.78 is 19.5. The van der Waals surface area contributed by atoms with Crippen LogP contribution >= 0.6 is 0 Å². The van der Waals surface area contributed by atoms with Crippen molar-refractivity contribution in [1.29, 1.82) is 0 Å². The summed E-state index contributed by atoms with van der Waals surface area (Å²) in [5.74, 6) is 2.20. The Kier molecular flexibility index (Phi) is 8.34. The third-order valence-corrected chi connectivity index (χ3v) is 6.21. The van der Waals surface area contributed by atoms with Gasteiger partial charge in [0.25, 0.3) is 0 Å². The normalized spacial score (nSPS) is 14.8. The Morgan fingerprint density at radius 3 is 2.31 bits per heavy atom. The Labute approximate surface area is 214 Å². The van der Waals surface area contributed by atoms with Crippen molar-refractivity contribution in [2.45, 2.75) is 71.2 Å². The summed E-state index contributed by atoms with van der Waals surface area (Å²) in [6, 6.07) is 18.1. The Morgan fingerprint density at radius 2 is 1.72 bits per heavy atom. The van der Waals surface area contributed by atoms with E-state index in [1.807, 2.05) is 80.1 Å². The van der Waals surface area contributed by atoms with Crippen LogP contribution in [0.15, 0.2) is 54.6 Å². The van der Waals surface area contributed by atoms with Gasteiger partial charge >= 0.3 is 0 Å². The van der Waals surface area contributed by atoms with Gasteiger partial charge in [-0.15, -0.1) is 0 Å². The third-order valence-electron chi connectivity index (χ3n) is 6.21. The minimum Gasteiger partial charge on any atom is -0.497 e. The molecule has 0 spiro atoms. The van der Waals surface area contributed by atoms with Crippen LogP contribution in [0, 0.1) is 0 Å². The van der Waals surface area contributed by atoms with E-state index in [0.717, 1.165) is 42.0 Å². The number of nitrogens with zero attached hydrogens (tertiary/aromatic N) is 3. The number of hydrogen-bond acceptors (Lipinski definition) is 6. The minimum absolute atomic E-state index is 0.281. The quantitative estimate of drug-likeness (QED) is 0.366. The maximum atomic E-state index is 10.8. The zero-order chi connectivity index (χ0) is 25.7. The largest absolute Gasteiger partial charge is 0.497 e. The van der Waals surface area contributed by atoms with E-state index in [1.165, 1.54) is 0 Å². The second-order valence-electron chi connectivity index (χ2n) is 10.3. The van der Waals surface area contributed by atoms with E-state index in [0.29, 0.717) is 37.4 Å². The minimum atomic E-state index is -0.565. The summed E-state index contributed by atoms with van der Waals surface area (Å²) in [7, 11) is 1.65. The average Bonchev–Trinajstić information content (AvgIpc) is 3.66. The van der Waals surface area contributed by atoms with Crippen LogP contribution < -0.4 is 9.47 Å². The standard InChI is InChI=1S/C29H39N3O4/c1-6-27-26(19-31(21-12-13-21)18-23(33)20-35-29(2,3)4)28(32(30-27)22-10-8-7-9-11-22)36-25-16-14-24(34-5)15-17-25/h7-11,14-17,21,23,33H,6,12-13,18-20H2,1-5H3/t23-/m1/s1. The van der Waals surface area contributed by atoms with Crippen molar-refractivity contribution in [2.24, 2.45) is 0 Å². The molecule has 1 fully saturated rings. The maximum absolute atomic E-state index is 10.8. The van der Waals surface area contributed by atoms with Crippen LogP contribution in [0.5, 0.6) is 17.4 Å². The van der Waals surface area contributed by atoms with Gasteiger partial charge in [0, 0.05) is 19.1 Å². The Balaban J connectivity index is 1.65. The van der Waals surface area contributed by atoms with Gasteiger partial charge in [-0.05, 0) is 76.4 Å². The van der Waals surface area contributed by atoms with Crippen LogP contribution in [0.25, 0.3) is 5.69 Å². The molecule has 1 atom stereocenters. The molecule has 1 aromatic heterocycles. The summed E-state index contributed by atoms with van der Waals surface area (Å²) in [5.41, 5.74) is 2.71. The zero-order valence-corrected chi connectivity index (χ0v) is 22.1. The fourth-order valence-electron chi connectivity index (χ4n) is 4.18. The fourth-order valence-corrected chi connectivity index (χ4v) is 4.18. The number of aliphatic hydroxyl groups excluding tert-OH is 1. The molecule has 1 aliphatic rings. The van der Waals surface area contributed by atoms with Gasteiger partial charge in [0.1, 0.15) is 11.5 Å². The number of methoxy groups -OCH3 is 1. The van der Waals surface area contributed by atoms with Crippen molar-refractivity contribution in [3.63, 3.8) is 0 Å². The second kappa shape index (κ2) is 11.5. The highest BCUT2D eigenvalue weighted by Crippen LogP contribution is 2.36. The van der Waals surface area contributed by atoms with E-state index in [-0.39, 0.29) is 5.60 Å². The average molecular weight is 494 g/mol. The highest BCUT2D eigenvalue weighted by Gasteiger charge is 2.33. The van der Waals surface area contributed by atoms with Crippen LogP contribution in [0.3, 0.4) is 0 Å². The molecule has 7 heteroatoms. The van der Waals surface area contributed by atoms with E-state index < -0.39 is 6.10 Å². The third kappa shape index (κ3) is 6.87. The molecule has 1 saturated carbocycles. The number of ether oxygens (including phenoxy) is 3. The summed E-state index contributed by atoms with van der Waals surface area (Å²) >= 11 is 0. The molecule has 1 N–H and O–H groups in total. The van der Waals surface area contributed by atoms with Crippen molar-refractivity contribution >= 4 is 0 Å². The molecule has 4 rings (SSSR count). The molecule has 7 nitrogen and oxygen atoms in total. The molecule has 2 aromatic carbocycles. The Bertz CT molecular complexity index is 1100. The number of rotatable bonds is 12. The van der Waals surface area contributed by atoms with Crippen LogP contribution in [-0.2, 0) is 17.7 Å².